The number of fused-ring (bicyclic) bond motifs is 1. The zero-order valence-electron chi connectivity index (χ0n) is 12.1. The van der Waals surface area contributed by atoms with Gasteiger partial charge in [-0.2, -0.15) is 0 Å². The van der Waals surface area contributed by atoms with Crippen molar-refractivity contribution in [1.82, 2.24) is 4.98 Å². The van der Waals surface area contributed by atoms with Gasteiger partial charge in [-0.05, 0) is 26.8 Å². The normalized spacial score (nSPS) is 11.4. The summed E-state index contributed by atoms with van der Waals surface area (Å²) in [4.78, 5) is 16.9. The van der Waals surface area contributed by atoms with Crippen molar-refractivity contribution in [3.8, 4) is 11.6 Å². The molecular formula is C14H17NO4S. The number of pyridine rings is 1. The number of hydrogen-bond acceptors (Lipinski definition) is 6. The highest BCUT2D eigenvalue weighted by Gasteiger charge is 2.21. The first-order valence-corrected chi connectivity index (χ1v) is 6.91. The van der Waals surface area contributed by atoms with Crippen molar-refractivity contribution in [3.63, 3.8) is 0 Å². The molecule has 0 spiro atoms. The summed E-state index contributed by atoms with van der Waals surface area (Å²) < 4.78 is 16.5. The molecule has 2 aromatic heterocycles. The van der Waals surface area contributed by atoms with E-state index in [1.165, 1.54) is 18.4 Å². The molecule has 0 unspecified atom stereocenters. The molecule has 2 rings (SSSR count). The summed E-state index contributed by atoms with van der Waals surface area (Å²) in [5.41, 5.74) is 0.171. The third-order valence-electron chi connectivity index (χ3n) is 2.45. The number of thiophene rings is 1. The van der Waals surface area contributed by atoms with Gasteiger partial charge in [-0.1, -0.05) is 0 Å². The molecule has 0 N–H and O–H groups in total. The minimum absolute atomic E-state index is 0.349. The number of nitrogens with zero attached hydrogens (tertiary/aromatic N) is 1. The van der Waals surface area contributed by atoms with Crippen molar-refractivity contribution < 1.29 is 19.0 Å². The second kappa shape index (κ2) is 5.28. The van der Waals surface area contributed by atoms with Crippen LogP contribution >= 0.6 is 11.3 Å². The summed E-state index contributed by atoms with van der Waals surface area (Å²) in [5, 5.41) is 0. The van der Waals surface area contributed by atoms with E-state index in [1.807, 2.05) is 20.8 Å². The lowest BCUT2D eigenvalue weighted by Crippen LogP contribution is -2.23. The van der Waals surface area contributed by atoms with Gasteiger partial charge in [0.05, 0.1) is 24.4 Å². The third-order valence-corrected chi connectivity index (χ3v) is 3.50. The van der Waals surface area contributed by atoms with Crippen LogP contribution in [0.3, 0.4) is 0 Å². The Morgan fingerprint density at radius 3 is 2.45 bits per heavy atom. The summed E-state index contributed by atoms with van der Waals surface area (Å²) in [6.45, 7) is 5.51. The van der Waals surface area contributed by atoms with E-state index in [0.29, 0.717) is 22.0 Å². The van der Waals surface area contributed by atoms with E-state index in [-0.39, 0.29) is 5.97 Å². The molecule has 0 aliphatic rings. The summed E-state index contributed by atoms with van der Waals surface area (Å²) in [6, 6.07) is 3.51. The second-order valence-electron chi connectivity index (χ2n) is 5.20. The number of ether oxygens (including phenoxy) is 3. The maximum absolute atomic E-state index is 12.0. The predicted octanol–water partition coefficient (Wildman–Crippen LogP) is 3.27. The molecule has 0 saturated heterocycles. The Bertz CT molecular complexity index is 601. The first-order valence-electron chi connectivity index (χ1n) is 6.10. The molecule has 20 heavy (non-hydrogen) atoms. The van der Waals surface area contributed by atoms with E-state index in [4.69, 9.17) is 14.2 Å². The van der Waals surface area contributed by atoms with Crippen LogP contribution in [0.25, 0.3) is 10.2 Å². The lowest BCUT2D eigenvalue weighted by atomic mass is 10.2. The van der Waals surface area contributed by atoms with Crippen LogP contribution in [0.1, 0.15) is 30.4 Å². The Balaban J connectivity index is 2.41. The standard InChI is InChI=1S/C14H17NO4S/c1-14(2,3)19-13(16)11-6-8-10(20-11)7-9(17-4)12(15-8)18-5/h6-7H,1-5H3. The van der Waals surface area contributed by atoms with Crippen LogP contribution < -0.4 is 9.47 Å². The smallest absolute Gasteiger partial charge is 0.348 e. The Morgan fingerprint density at radius 1 is 1.20 bits per heavy atom. The third kappa shape index (κ3) is 3.01. The van der Waals surface area contributed by atoms with Gasteiger partial charge in [0.1, 0.15) is 10.5 Å². The van der Waals surface area contributed by atoms with Gasteiger partial charge in [-0.15, -0.1) is 11.3 Å². The number of aromatic nitrogens is 1. The van der Waals surface area contributed by atoms with Gasteiger partial charge in [-0.25, -0.2) is 9.78 Å². The molecule has 108 valence electrons. The Morgan fingerprint density at radius 2 is 1.90 bits per heavy atom. The molecule has 0 aliphatic carbocycles. The average molecular weight is 295 g/mol. The molecule has 0 radical (unpaired) electrons. The van der Waals surface area contributed by atoms with Crippen molar-refractivity contribution in [2.45, 2.75) is 26.4 Å². The molecule has 0 aliphatic heterocycles. The molecule has 5 nitrogen and oxygen atoms in total. The lowest BCUT2D eigenvalue weighted by molar-refractivity contribution is 0.00753. The van der Waals surface area contributed by atoms with Crippen LogP contribution in [-0.2, 0) is 4.74 Å². The minimum Gasteiger partial charge on any atom is -0.491 e. The molecule has 0 fully saturated rings. The summed E-state index contributed by atoms with van der Waals surface area (Å²) in [7, 11) is 3.07. The molecule has 0 saturated carbocycles. The zero-order valence-corrected chi connectivity index (χ0v) is 13.0. The summed E-state index contributed by atoms with van der Waals surface area (Å²) in [5.74, 6) is 0.588. The van der Waals surface area contributed by atoms with Gasteiger partial charge in [0, 0.05) is 6.07 Å². The van der Waals surface area contributed by atoms with Gasteiger partial charge in [0.15, 0.2) is 5.75 Å². The van der Waals surface area contributed by atoms with E-state index in [1.54, 1.807) is 19.2 Å². The molecule has 0 atom stereocenters. The maximum Gasteiger partial charge on any atom is 0.348 e. The van der Waals surface area contributed by atoms with Crippen LogP contribution in [0.15, 0.2) is 12.1 Å². The van der Waals surface area contributed by atoms with E-state index < -0.39 is 5.60 Å². The van der Waals surface area contributed by atoms with Gasteiger partial charge >= 0.3 is 5.97 Å². The minimum atomic E-state index is -0.518. The molecule has 6 heteroatoms. The average Bonchev–Trinajstić information content (AvgIpc) is 2.77. The van der Waals surface area contributed by atoms with E-state index in [0.717, 1.165) is 4.70 Å². The van der Waals surface area contributed by atoms with Crippen LogP contribution in [0.2, 0.25) is 0 Å². The van der Waals surface area contributed by atoms with E-state index in [9.17, 15) is 4.79 Å². The number of hydrogen-bond donors (Lipinski definition) is 0. The Kier molecular flexibility index (Phi) is 3.85. The fourth-order valence-electron chi connectivity index (χ4n) is 1.65. The first-order chi connectivity index (χ1) is 9.34. The molecule has 2 aromatic rings. The fourth-order valence-corrected chi connectivity index (χ4v) is 2.56. The number of rotatable bonds is 3. The van der Waals surface area contributed by atoms with Crippen LogP contribution in [0, 0.1) is 0 Å². The highest BCUT2D eigenvalue weighted by Crippen LogP contribution is 2.34. The van der Waals surface area contributed by atoms with Gasteiger partial charge in [-0.3, -0.25) is 0 Å². The fraction of sp³-hybridized carbons (Fsp3) is 0.429. The number of esters is 1. The number of carbonyl (C=O) groups is 1. The van der Waals surface area contributed by atoms with Crippen molar-refractivity contribution >= 4 is 27.5 Å². The van der Waals surface area contributed by atoms with E-state index in [2.05, 4.69) is 4.98 Å². The quantitative estimate of drug-likeness (QED) is 0.813. The predicted molar refractivity (Wildman–Crippen MR) is 77.9 cm³/mol. The van der Waals surface area contributed by atoms with Crippen LogP contribution in [-0.4, -0.2) is 30.8 Å². The SMILES string of the molecule is COc1cc2sc(C(=O)OC(C)(C)C)cc2nc1OC. The van der Waals surface area contributed by atoms with Crippen molar-refractivity contribution in [2.75, 3.05) is 14.2 Å². The molecule has 0 aromatic carbocycles. The highest BCUT2D eigenvalue weighted by molar-refractivity contribution is 7.20. The number of carbonyl (C=O) groups excluding carboxylic acids is 1. The molecule has 2 heterocycles. The molecule has 0 bridgehead atoms. The van der Waals surface area contributed by atoms with Gasteiger partial charge in [0.25, 0.3) is 5.88 Å². The van der Waals surface area contributed by atoms with Crippen LogP contribution in [0.4, 0.5) is 0 Å². The zero-order chi connectivity index (χ0) is 14.9. The highest BCUT2D eigenvalue weighted by atomic mass is 32.1. The van der Waals surface area contributed by atoms with Crippen LogP contribution in [0.5, 0.6) is 11.6 Å². The maximum atomic E-state index is 12.0. The van der Waals surface area contributed by atoms with Gasteiger partial charge < -0.3 is 14.2 Å². The monoisotopic (exact) mass is 295 g/mol. The van der Waals surface area contributed by atoms with Gasteiger partial charge in [0.2, 0.25) is 0 Å². The Labute approximate surface area is 121 Å². The summed E-state index contributed by atoms with van der Waals surface area (Å²) >= 11 is 1.32. The van der Waals surface area contributed by atoms with Crippen molar-refractivity contribution in [3.05, 3.63) is 17.0 Å². The molecular weight excluding hydrogens is 278 g/mol. The topological polar surface area (TPSA) is 57.7 Å². The lowest BCUT2D eigenvalue weighted by Gasteiger charge is -2.18. The number of methoxy groups -OCH3 is 2. The first kappa shape index (κ1) is 14.6. The second-order valence-corrected chi connectivity index (χ2v) is 6.28. The van der Waals surface area contributed by atoms with Crippen molar-refractivity contribution in [2.24, 2.45) is 0 Å². The van der Waals surface area contributed by atoms with Crippen molar-refractivity contribution in [1.29, 1.82) is 0 Å². The summed E-state index contributed by atoms with van der Waals surface area (Å²) in [6.07, 6.45) is 0. The van der Waals surface area contributed by atoms with E-state index >= 15 is 0 Å². The molecule has 0 amide bonds. The largest absolute Gasteiger partial charge is 0.491 e. The Hall–Kier alpha value is -1.82.